The maximum atomic E-state index is 2.78. The Morgan fingerprint density at radius 3 is 1.73 bits per heavy atom. The molecule has 0 amide bonds. The smallest absolute Gasteiger partial charge is 0.332 e. The second-order valence-electron chi connectivity index (χ2n) is 21.9. The Morgan fingerprint density at radius 2 is 1.09 bits per heavy atom. The quantitative estimate of drug-likeness (QED) is 0.160. The Balaban J connectivity index is 1.18. The third-order valence-corrected chi connectivity index (χ3v) is 15.3. The first-order valence-electron chi connectivity index (χ1n) is 24.1. The number of hydrogen-bond acceptors (Lipinski definition) is 2. The van der Waals surface area contributed by atoms with Gasteiger partial charge in [-0.2, -0.15) is 0 Å². The summed E-state index contributed by atoms with van der Waals surface area (Å²) in [5.41, 5.74) is 26.7. The normalized spacial score (nSPS) is 14.2. The van der Waals surface area contributed by atoms with Gasteiger partial charge in [-0.1, -0.05) is 165 Å². The van der Waals surface area contributed by atoms with Crippen LogP contribution in [0.25, 0.3) is 44.3 Å². The fourth-order valence-corrected chi connectivity index (χ4v) is 12.0. The molecule has 1 aliphatic carbocycles. The van der Waals surface area contributed by atoms with Crippen molar-refractivity contribution >= 4 is 62.8 Å². The number of hydrogen-bond donors (Lipinski definition) is 0. The molecule has 0 radical (unpaired) electrons. The number of anilines is 6. The lowest BCUT2D eigenvalue weighted by molar-refractivity contribution is 0.590. The van der Waals surface area contributed by atoms with E-state index in [1.54, 1.807) is 0 Å². The van der Waals surface area contributed by atoms with E-state index in [1.165, 1.54) is 100 Å². The molecule has 0 unspecified atom stereocenters. The van der Waals surface area contributed by atoms with Crippen LogP contribution >= 0.6 is 0 Å². The molecule has 4 heteroatoms. The zero-order valence-corrected chi connectivity index (χ0v) is 40.6. The van der Waals surface area contributed by atoms with Crippen molar-refractivity contribution < 1.29 is 0 Å². The average Bonchev–Trinajstić information content (AvgIpc) is 3.78. The highest BCUT2D eigenvalue weighted by molar-refractivity contribution is 6.89. The molecule has 0 fully saturated rings. The average molecular weight is 868 g/mol. The Kier molecular flexibility index (Phi) is 8.95. The number of nitrogens with zero attached hydrogens (tertiary/aromatic N) is 3. The molecule has 3 aliphatic rings. The van der Waals surface area contributed by atoms with E-state index in [-0.39, 0.29) is 23.1 Å². The number of aromatic nitrogens is 1. The summed E-state index contributed by atoms with van der Waals surface area (Å²) in [4.78, 5) is 5.03. The van der Waals surface area contributed by atoms with Gasteiger partial charge in [0.25, 0.3) is 0 Å². The first-order chi connectivity index (χ1) is 32.1. The van der Waals surface area contributed by atoms with Crippen molar-refractivity contribution in [2.45, 2.75) is 85.5 Å². The van der Waals surface area contributed by atoms with Gasteiger partial charge < -0.3 is 14.3 Å². The number of benzene rings is 8. The van der Waals surface area contributed by atoms with E-state index in [4.69, 9.17) is 0 Å². The van der Waals surface area contributed by atoms with Crippen LogP contribution in [-0.4, -0.2) is 11.3 Å². The van der Waals surface area contributed by atoms with Crippen LogP contribution < -0.4 is 20.7 Å². The van der Waals surface area contributed by atoms with Gasteiger partial charge in [-0.05, 0) is 146 Å². The highest BCUT2D eigenvalue weighted by atomic mass is 15.2. The van der Waals surface area contributed by atoms with E-state index < -0.39 is 0 Å². The van der Waals surface area contributed by atoms with E-state index in [0.717, 1.165) is 22.7 Å². The largest absolute Gasteiger partial charge is 0.378 e. The molecule has 0 saturated heterocycles. The number of fused-ring (bicyclic) bond motifs is 9. The first-order valence-corrected chi connectivity index (χ1v) is 24.1. The predicted octanol–water partition coefficient (Wildman–Crippen LogP) is 15.7. The molecule has 9 aromatic rings. The van der Waals surface area contributed by atoms with Crippen LogP contribution in [0.3, 0.4) is 0 Å². The summed E-state index contributed by atoms with van der Waals surface area (Å²) < 4.78 is 2.78. The Labute approximate surface area is 397 Å². The second-order valence-corrected chi connectivity index (χ2v) is 21.9. The fourth-order valence-electron chi connectivity index (χ4n) is 12.0. The molecule has 328 valence electrons. The van der Waals surface area contributed by atoms with Crippen LogP contribution in [0, 0.1) is 13.8 Å². The number of para-hydroxylation sites is 2. The van der Waals surface area contributed by atoms with Crippen molar-refractivity contribution in [3.8, 4) is 33.4 Å². The molecule has 67 heavy (non-hydrogen) atoms. The maximum absolute atomic E-state index is 2.78. The Morgan fingerprint density at radius 1 is 0.507 bits per heavy atom. The van der Waals surface area contributed by atoms with Gasteiger partial charge >= 0.3 is 6.85 Å². The van der Waals surface area contributed by atoms with Gasteiger partial charge in [0.1, 0.15) is 0 Å². The summed E-state index contributed by atoms with van der Waals surface area (Å²) >= 11 is 0. The molecule has 0 saturated carbocycles. The molecule has 12 rings (SSSR count). The summed E-state index contributed by atoms with van der Waals surface area (Å²) in [6, 6.07) is 64.8. The van der Waals surface area contributed by atoms with E-state index in [0.29, 0.717) is 0 Å². The van der Waals surface area contributed by atoms with Gasteiger partial charge in [-0.25, -0.2) is 0 Å². The minimum Gasteiger partial charge on any atom is -0.378 e. The van der Waals surface area contributed by atoms with Gasteiger partial charge in [-0.15, -0.1) is 0 Å². The van der Waals surface area contributed by atoms with E-state index in [9.17, 15) is 0 Å². The SMILES string of the molecule is Cc1cccc(C)c1-c1cc2c3c(c1)N(c1ccccc1)c1cc(N(c4ccc(C(C)(C)C)cc4)c4ccc(C(C)(C)C)cc4)ccc1B3n1c3c(c4cccc-2c41)-c1ccccc1C3(C)C. The molecule has 2 aliphatic heterocycles. The van der Waals surface area contributed by atoms with Gasteiger partial charge in [0, 0.05) is 67.3 Å². The van der Waals surface area contributed by atoms with Gasteiger partial charge in [0.05, 0.1) is 0 Å². The van der Waals surface area contributed by atoms with Crippen LogP contribution in [0.15, 0.2) is 170 Å². The Bertz CT molecular complexity index is 3390. The first kappa shape index (κ1) is 41.4. The van der Waals surface area contributed by atoms with Gasteiger partial charge in [0.2, 0.25) is 0 Å². The van der Waals surface area contributed by atoms with Crippen LogP contribution in [0.2, 0.25) is 0 Å². The molecule has 0 spiro atoms. The predicted molar refractivity (Wildman–Crippen MR) is 287 cm³/mol. The highest BCUT2D eigenvalue weighted by Crippen LogP contribution is 2.56. The zero-order valence-electron chi connectivity index (χ0n) is 40.6. The lowest BCUT2D eigenvalue weighted by Crippen LogP contribution is -2.57. The van der Waals surface area contributed by atoms with Crippen LogP contribution in [0.4, 0.5) is 34.1 Å². The maximum Gasteiger partial charge on any atom is 0.332 e. The van der Waals surface area contributed by atoms with Crippen molar-refractivity contribution in [2.24, 2.45) is 0 Å². The monoisotopic (exact) mass is 867 g/mol. The summed E-state index contributed by atoms with van der Waals surface area (Å²) in [5.74, 6) is 0. The topological polar surface area (TPSA) is 11.4 Å². The van der Waals surface area contributed by atoms with E-state index >= 15 is 0 Å². The summed E-state index contributed by atoms with van der Waals surface area (Å²) in [6.07, 6.45) is 0. The zero-order chi connectivity index (χ0) is 46.3. The minimum atomic E-state index is -0.218. The highest BCUT2D eigenvalue weighted by Gasteiger charge is 2.49. The summed E-state index contributed by atoms with van der Waals surface area (Å²) in [5, 5.41) is 1.34. The van der Waals surface area contributed by atoms with Crippen LogP contribution in [0.1, 0.15) is 88.9 Å². The number of rotatable bonds is 5. The minimum absolute atomic E-state index is 0.0419. The van der Waals surface area contributed by atoms with Crippen molar-refractivity contribution in [2.75, 3.05) is 9.80 Å². The lowest BCUT2D eigenvalue weighted by atomic mass is 9.44. The van der Waals surface area contributed by atoms with Crippen molar-refractivity contribution in [1.82, 2.24) is 4.48 Å². The standard InChI is InChI=1S/C63H58BN3/c1-39-18-16-19-40(2)56(39)41-36-51-48-23-17-24-50-57-49-22-14-15-25-52(49)63(9,10)60(57)67(59(48)50)64-53-35-34-47(38-54(53)66(55(37-41)58(51)64)44-20-12-11-13-21-44)65(45-30-26-42(27-31-45)61(3,4)5)46-32-28-43(29-33-46)62(6,7)8/h11-38H,1-10H3. The molecular weight excluding hydrogens is 810 g/mol. The van der Waals surface area contributed by atoms with Crippen molar-refractivity contribution in [1.29, 1.82) is 0 Å². The molecule has 3 nitrogen and oxygen atoms in total. The molecule has 1 aromatic heterocycles. The third-order valence-electron chi connectivity index (χ3n) is 15.3. The van der Waals surface area contributed by atoms with E-state index in [2.05, 4.69) is 253 Å². The van der Waals surface area contributed by atoms with Crippen molar-refractivity contribution in [3.05, 3.63) is 203 Å². The Hall–Kier alpha value is -7.04. The molecular formula is C63H58BN3. The summed E-state index contributed by atoms with van der Waals surface area (Å²) in [6.45, 7) is 23.1. The summed E-state index contributed by atoms with van der Waals surface area (Å²) in [7, 11) is 0. The second kappa shape index (κ2) is 14.5. The molecule has 0 atom stereocenters. The lowest BCUT2D eigenvalue weighted by Gasteiger charge is -2.42. The van der Waals surface area contributed by atoms with Gasteiger partial charge in [-0.3, -0.25) is 0 Å². The molecule has 0 bridgehead atoms. The van der Waals surface area contributed by atoms with Crippen molar-refractivity contribution in [3.63, 3.8) is 0 Å². The number of aryl methyl sites for hydroxylation is 2. The van der Waals surface area contributed by atoms with Gasteiger partial charge in [0.15, 0.2) is 0 Å². The van der Waals surface area contributed by atoms with Crippen LogP contribution in [-0.2, 0) is 16.2 Å². The van der Waals surface area contributed by atoms with E-state index in [1.807, 2.05) is 0 Å². The molecule has 0 N–H and O–H groups in total. The van der Waals surface area contributed by atoms with Crippen LogP contribution in [0.5, 0.6) is 0 Å². The molecule has 3 heterocycles. The molecule has 8 aromatic carbocycles. The third kappa shape index (κ3) is 6.11. The fraction of sp³-hybridized carbons (Fsp3) is 0.206.